The van der Waals surface area contributed by atoms with Crippen molar-refractivity contribution in [1.82, 2.24) is 23.5 Å². The van der Waals surface area contributed by atoms with Crippen LogP contribution >= 0.6 is 0 Å². The molecule has 0 saturated heterocycles. The van der Waals surface area contributed by atoms with Crippen LogP contribution in [0.1, 0.15) is 0 Å². The largest absolute Gasteiger partial charge is 0.457 e. The zero-order chi connectivity index (χ0) is 39.3. The van der Waals surface area contributed by atoms with Crippen molar-refractivity contribution in [3.05, 3.63) is 200 Å². The van der Waals surface area contributed by atoms with E-state index in [-0.39, 0.29) is 0 Å². The van der Waals surface area contributed by atoms with Crippen molar-refractivity contribution in [2.75, 3.05) is 0 Å². The quantitative estimate of drug-likeness (QED) is 0.164. The van der Waals surface area contributed by atoms with E-state index in [2.05, 4.69) is 176 Å². The second-order valence-corrected chi connectivity index (χ2v) is 15.4. The van der Waals surface area contributed by atoms with E-state index in [4.69, 9.17) is 9.72 Å². The van der Waals surface area contributed by atoms with Crippen molar-refractivity contribution in [2.45, 2.75) is 0 Å². The molecule has 0 radical (unpaired) electrons. The first-order chi connectivity index (χ1) is 29.8. The lowest BCUT2D eigenvalue weighted by Crippen LogP contribution is -1.99. The Hall–Kier alpha value is -8.22. The lowest BCUT2D eigenvalue weighted by molar-refractivity contribution is 0.483. The Morgan fingerprint density at radius 1 is 0.400 bits per heavy atom. The molecule has 0 spiro atoms. The molecule has 0 fully saturated rings. The van der Waals surface area contributed by atoms with Crippen LogP contribution in [0.4, 0.5) is 0 Å². The number of pyridine rings is 2. The highest BCUT2D eigenvalue weighted by molar-refractivity contribution is 6.40. The summed E-state index contributed by atoms with van der Waals surface area (Å²) in [7, 11) is 0. The topological polar surface area (TPSA) is 49.3 Å². The minimum Gasteiger partial charge on any atom is -0.457 e. The third kappa shape index (κ3) is 4.64. The maximum Gasteiger partial charge on any atom is 0.146 e. The molecule has 0 bridgehead atoms. The molecule has 13 rings (SSSR count). The van der Waals surface area contributed by atoms with Gasteiger partial charge < -0.3 is 13.9 Å². The van der Waals surface area contributed by atoms with Crippen LogP contribution in [0, 0.1) is 0 Å². The molecule has 280 valence electrons. The van der Waals surface area contributed by atoms with Crippen LogP contribution in [0.3, 0.4) is 0 Å². The third-order valence-electron chi connectivity index (χ3n) is 12.0. The van der Waals surface area contributed by atoms with E-state index in [0.717, 1.165) is 89.0 Å². The number of fused-ring (bicyclic) bond motifs is 17. The zero-order valence-corrected chi connectivity index (χ0v) is 32.2. The average molecular weight is 768 g/mol. The van der Waals surface area contributed by atoms with Gasteiger partial charge in [-0.05, 0) is 96.4 Å². The fraction of sp³-hybridized carbons (Fsp3) is 0. The minimum absolute atomic E-state index is 0.732. The van der Waals surface area contributed by atoms with Gasteiger partial charge in [0.05, 0.1) is 44.3 Å². The van der Waals surface area contributed by atoms with Gasteiger partial charge in [-0.25, -0.2) is 4.98 Å². The summed E-state index contributed by atoms with van der Waals surface area (Å²) in [5.41, 5.74) is 12.7. The van der Waals surface area contributed by atoms with Gasteiger partial charge in [0.1, 0.15) is 17.1 Å². The number of aromatic nitrogens is 5. The van der Waals surface area contributed by atoms with Crippen molar-refractivity contribution < 1.29 is 4.74 Å². The number of para-hydroxylation sites is 6. The summed E-state index contributed by atoms with van der Waals surface area (Å²) in [5.74, 6) is 1.47. The van der Waals surface area contributed by atoms with Crippen molar-refractivity contribution in [1.29, 1.82) is 0 Å². The number of imidazole rings is 1. The van der Waals surface area contributed by atoms with E-state index < -0.39 is 0 Å². The molecule has 8 aromatic carbocycles. The zero-order valence-electron chi connectivity index (χ0n) is 32.2. The number of hydrogen-bond donors (Lipinski definition) is 0. The number of hydrogen-bond acceptors (Lipinski definition) is 3. The molecule has 60 heavy (non-hydrogen) atoms. The van der Waals surface area contributed by atoms with E-state index in [1.54, 1.807) is 0 Å². The normalized spacial score (nSPS) is 12.0. The molecule has 0 amide bonds. The highest BCUT2D eigenvalue weighted by atomic mass is 16.5. The SMILES string of the molecule is c1ccc(-n2c3ccccc3c3c2c2c4ccc(Oc5cccc(-c6ccccn6)c5)cc4c4nc5ccccc5n4c2c2c4ccccc4n(-c4ccccc4)c32)cc1. The highest BCUT2D eigenvalue weighted by Crippen LogP contribution is 2.50. The molecule has 13 aromatic rings. The molecule has 0 N–H and O–H groups in total. The average Bonchev–Trinajstić information content (AvgIpc) is 3.99. The van der Waals surface area contributed by atoms with E-state index >= 15 is 0 Å². The van der Waals surface area contributed by atoms with Gasteiger partial charge in [-0.1, -0.05) is 103 Å². The maximum absolute atomic E-state index is 6.72. The van der Waals surface area contributed by atoms with Crippen LogP contribution in [-0.2, 0) is 0 Å². The monoisotopic (exact) mass is 767 g/mol. The Labute approximate surface area is 343 Å². The summed E-state index contributed by atoms with van der Waals surface area (Å²) < 4.78 is 14.1. The van der Waals surface area contributed by atoms with Crippen molar-refractivity contribution in [3.63, 3.8) is 0 Å². The van der Waals surface area contributed by atoms with Crippen molar-refractivity contribution in [3.8, 4) is 34.1 Å². The number of ether oxygens (including phenoxy) is 1. The van der Waals surface area contributed by atoms with Gasteiger partial charge in [0.25, 0.3) is 0 Å². The Bertz CT molecular complexity index is 3850. The summed E-state index contributed by atoms with van der Waals surface area (Å²) in [6.07, 6.45) is 1.82. The van der Waals surface area contributed by atoms with Crippen molar-refractivity contribution >= 4 is 82.0 Å². The molecule has 5 heterocycles. The molecule has 6 nitrogen and oxygen atoms in total. The number of nitrogens with zero attached hydrogens (tertiary/aromatic N) is 5. The van der Waals surface area contributed by atoms with Gasteiger partial charge >= 0.3 is 0 Å². The van der Waals surface area contributed by atoms with E-state index in [1.165, 1.54) is 27.1 Å². The van der Waals surface area contributed by atoms with E-state index in [1.807, 2.05) is 42.6 Å². The molecule has 0 atom stereocenters. The smallest absolute Gasteiger partial charge is 0.146 e. The number of rotatable bonds is 5. The molecule has 0 unspecified atom stereocenters. The molecule has 0 aliphatic rings. The molecule has 5 aromatic heterocycles. The Morgan fingerprint density at radius 3 is 1.67 bits per heavy atom. The highest BCUT2D eigenvalue weighted by Gasteiger charge is 2.28. The Kier molecular flexibility index (Phi) is 6.91. The van der Waals surface area contributed by atoms with Crippen LogP contribution in [0.5, 0.6) is 11.5 Å². The van der Waals surface area contributed by atoms with Crippen molar-refractivity contribution in [2.24, 2.45) is 0 Å². The van der Waals surface area contributed by atoms with Gasteiger partial charge in [-0.3, -0.25) is 9.38 Å². The first-order valence-corrected chi connectivity index (χ1v) is 20.3. The fourth-order valence-corrected chi connectivity index (χ4v) is 9.65. The Balaban J connectivity index is 1.25. The lowest BCUT2D eigenvalue weighted by atomic mass is 9.98. The molecule has 6 heteroatoms. The van der Waals surface area contributed by atoms with Gasteiger partial charge in [0.2, 0.25) is 0 Å². The third-order valence-corrected chi connectivity index (χ3v) is 12.0. The first-order valence-electron chi connectivity index (χ1n) is 20.3. The lowest BCUT2D eigenvalue weighted by Gasteiger charge is -2.17. The summed E-state index contributed by atoms with van der Waals surface area (Å²) in [6, 6.07) is 68.4. The molecular formula is C54H33N5O. The Morgan fingerprint density at radius 2 is 0.983 bits per heavy atom. The summed E-state index contributed by atoms with van der Waals surface area (Å²) in [4.78, 5) is 10.0. The predicted octanol–water partition coefficient (Wildman–Crippen LogP) is 13.8. The summed E-state index contributed by atoms with van der Waals surface area (Å²) in [5, 5.41) is 8.04. The van der Waals surface area contributed by atoms with Crippen LogP contribution in [-0.4, -0.2) is 23.5 Å². The first kappa shape index (κ1) is 32.8. The van der Waals surface area contributed by atoms with Crippen LogP contribution in [0.15, 0.2) is 200 Å². The van der Waals surface area contributed by atoms with E-state index in [0.29, 0.717) is 0 Å². The summed E-state index contributed by atoms with van der Waals surface area (Å²) >= 11 is 0. The number of benzene rings is 8. The maximum atomic E-state index is 6.72. The second-order valence-electron chi connectivity index (χ2n) is 15.4. The second kappa shape index (κ2) is 12.6. The molecule has 0 aliphatic carbocycles. The van der Waals surface area contributed by atoms with Gasteiger partial charge in [-0.15, -0.1) is 0 Å². The van der Waals surface area contributed by atoms with Gasteiger partial charge in [0.15, 0.2) is 0 Å². The predicted molar refractivity (Wildman–Crippen MR) is 246 cm³/mol. The van der Waals surface area contributed by atoms with Gasteiger partial charge in [0, 0.05) is 55.5 Å². The van der Waals surface area contributed by atoms with Crippen LogP contribution < -0.4 is 4.74 Å². The van der Waals surface area contributed by atoms with Crippen LogP contribution in [0.25, 0.3) is 105 Å². The molecule has 0 aliphatic heterocycles. The van der Waals surface area contributed by atoms with Crippen LogP contribution in [0.2, 0.25) is 0 Å². The minimum atomic E-state index is 0.732. The molecule has 0 saturated carbocycles. The molecular weight excluding hydrogens is 735 g/mol. The summed E-state index contributed by atoms with van der Waals surface area (Å²) in [6.45, 7) is 0. The fourth-order valence-electron chi connectivity index (χ4n) is 9.65. The van der Waals surface area contributed by atoms with Gasteiger partial charge in [-0.2, -0.15) is 0 Å². The van der Waals surface area contributed by atoms with E-state index in [9.17, 15) is 0 Å². The standard InChI is InChI=1S/C54H33N5O/c1-3-17-35(18-4-1)57-45-26-10-7-22-40(45)49-51(57)48-39-30-29-38(60-37-21-15-16-34(32-37)43-24-13-14-31-55-43)33-42(39)54-56-44-25-9-12-28-47(44)59(54)53(48)50-41-23-8-11-27-46(41)58(52(49)50)36-19-5-2-6-20-36/h1-33H.